The van der Waals surface area contributed by atoms with Gasteiger partial charge in [-0.25, -0.2) is 0 Å². The highest BCUT2D eigenvalue weighted by atomic mass is 35.5. The molecule has 20 atom stereocenters. The molecular formula is C75H134B4ClF3N8O17-2. The number of likely N-dealkylation sites (N-methyl/N-ethyl adjacent to an activating group) is 1. The third kappa shape index (κ3) is 21.8. The van der Waals surface area contributed by atoms with Crippen LogP contribution < -0.4 is 60.9 Å². The Morgan fingerprint density at radius 1 is 0.509 bits per heavy atom. The third-order valence-electron chi connectivity index (χ3n) is 27.6. The minimum Gasteiger partial charge on any atom is -1.00 e. The molecular weight excluding hydrogens is 1420 g/mol. The number of nitrogens with one attached hydrogen (secondary N) is 6. The van der Waals surface area contributed by atoms with Crippen molar-refractivity contribution in [1.82, 2.24) is 31.9 Å². The fourth-order valence-corrected chi connectivity index (χ4v) is 19.2. The van der Waals surface area contributed by atoms with E-state index in [2.05, 4.69) is 94.2 Å². The maximum Gasteiger partial charge on any atom is 0.481 e. The molecule has 0 aromatic rings. The van der Waals surface area contributed by atoms with Gasteiger partial charge in [-0.05, 0) is 195 Å². The minimum absolute atomic E-state index is 0. The second-order valence-corrected chi connectivity index (χ2v) is 35.8. The standard InChI is InChI=1S/C21H35BN2O4.C19H33BN2O3.C16H28BNO2.C11H21BN2O4.C4H9NO2.C2HF3O2.2CH4.ClH/c1-12(23-13(2)25)19(26)24-18(9-14-7-6-8-14)22-27-17-11-15-10-16(20(15,3)4)21(17,5)28-22;1-11(21)17(23)22-16(8-12-6-5-7-12)20-24-15-10-13-9-14(18(13,2)3)19(15,4)25-20;1-15(2)11-8-12(15)16(3)13(9-11)19-17(20-16)14(18)7-10-5-4-6-10;1-7(13-8(2)15)11(16)14-10(12(17)18)6-9-4-3-5-9;1-3(5-2)4(6)7;3-2(4,5)1(6)7;;;/h12,14-18H,6-11H2,1-5H3,(H,23,25)(H,24,26);11-16H,5-10,21H2,1-4H3,(H,22,23);10-14H,4-9,18H2,1-3H3;7,9-10,17-18H,3-6H2,1-2H3,(H,13,15)(H,14,16);3,5H,1-2H3,(H,6,7);(H,6,7);2*1H4;1H/p-2/t12?,15-,16-,17+,18-,21-;11?,13-,14-,15?,16-,19-;11-,12-,13+,14-,16-;7?,10-;;;;;/m0000...../s1. The number of carbonyl (C=O) groups excluding carboxylic acids is 6. The normalized spacial score (nSPS) is 32.8. The Hall–Kier alpha value is -3.81. The Kier molecular flexibility index (Phi) is 33.4. The fourth-order valence-electron chi connectivity index (χ4n) is 19.2. The molecule has 16 fully saturated rings. The molecule has 13 saturated carbocycles. The van der Waals surface area contributed by atoms with Crippen molar-refractivity contribution in [3.63, 3.8) is 0 Å². The van der Waals surface area contributed by atoms with E-state index in [0.29, 0.717) is 64.1 Å². The molecule has 3 aliphatic heterocycles. The van der Waals surface area contributed by atoms with Gasteiger partial charge in [0.1, 0.15) is 24.1 Å². The predicted molar refractivity (Wildman–Crippen MR) is 403 cm³/mol. The van der Waals surface area contributed by atoms with Crippen LogP contribution in [0.4, 0.5) is 13.2 Å². The summed E-state index contributed by atoms with van der Waals surface area (Å²) in [7, 11) is -0.869. The van der Waals surface area contributed by atoms with Crippen LogP contribution in [0.25, 0.3) is 0 Å². The van der Waals surface area contributed by atoms with Gasteiger partial charge in [-0.1, -0.05) is 133 Å². The number of carbonyl (C=O) groups is 7. The average Bonchev–Trinajstić information content (AvgIpc) is 1.44. The molecule has 13 aliphatic carbocycles. The number of nitrogens with two attached hydrogens (primary N) is 2. The molecule has 0 spiro atoms. The zero-order valence-electron chi connectivity index (χ0n) is 65.7. The van der Waals surface area contributed by atoms with Crippen LogP contribution in [0.3, 0.4) is 0 Å². The Balaban J connectivity index is 0.000000244. The van der Waals surface area contributed by atoms with E-state index in [-0.39, 0.29) is 118 Å². The van der Waals surface area contributed by atoms with Gasteiger partial charge in [0, 0.05) is 19.8 Å². The zero-order valence-corrected chi connectivity index (χ0v) is 66.5. The molecule has 5 unspecified atom stereocenters. The van der Waals surface area contributed by atoms with Crippen LogP contribution in [0.1, 0.15) is 260 Å². The van der Waals surface area contributed by atoms with Gasteiger partial charge in [0.2, 0.25) is 29.5 Å². The highest BCUT2D eigenvalue weighted by Gasteiger charge is 2.71. The number of aliphatic carboxylic acids is 2. The maximum atomic E-state index is 12.7. The number of alkyl halides is 3. The first-order chi connectivity index (χ1) is 48.8. The lowest BCUT2D eigenvalue weighted by atomic mass is 9.43. The van der Waals surface area contributed by atoms with Gasteiger partial charge in [0.25, 0.3) is 0 Å². The highest BCUT2D eigenvalue weighted by molar-refractivity contribution is 6.48. The molecule has 16 rings (SSSR count). The number of amides is 5. The Morgan fingerprint density at radius 2 is 0.815 bits per heavy atom. The molecule has 3 heterocycles. The summed E-state index contributed by atoms with van der Waals surface area (Å²) >= 11 is 0. The van der Waals surface area contributed by atoms with Crippen molar-refractivity contribution in [2.75, 3.05) is 7.05 Å². The van der Waals surface area contributed by atoms with Gasteiger partial charge in [-0.3, -0.25) is 28.8 Å². The summed E-state index contributed by atoms with van der Waals surface area (Å²) in [5, 5.41) is 51.9. The molecule has 0 aromatic carbocycles. The van der Waals surface area contributed by atoms with E-state index in [1.54, 1.807) is 34.7 Å². The lowest BCUT2D eigenvalue weighted by molar-refractivity contribution is -0.344. The second-order valence-electron chi connectivity index (χ2n) is 35.8. The molecule has 25 nitrogen and oxygen atoms in total. The summed E-state index contributed by atoms with van der Waals surface area (Å²) < 4.78 is 70.2. The van der Waals surface area contributed by atoms with E-state index in [1.165, 1.54) is 90.9 Å². The first kappa shape index (κ1) is 94.8. The summed E-state index contributed by atoms with van der Waals surface area (Å²) in [6, 6.07) is -2.17. The molecule has 0 radical (unpaired) electrons. The lowest BCUT2D eigenvalue weighted by Gasteiger charge is -2.64. The highest BCUT2D eigenvalue weighted by Crippen LogP contribution is 2.68. The molecule has 6 bridgehead atoms. The Bertz CT molecular complexity index is 3020. The van der Waals surface area contributed by atoms with E-state index in [0.717, 1.165) is 75.5 Å². The fraction of sp³-hybridized carbons (Fsp3) is 0.907. The SMILES string of the molecule is C.C.CC(=O)NC(C)C(=O)N[C@@H](CC1CCC1)B(O)O.CC(=O)NC(C)C(=O)N[C@@H](CC1CCC1)B1O[C@@H]2C[C@@H]3C[C@@H](C3(C)C)[C@]2(C)O1.CC(N)C(=O)N[C@@H](CC1CCC1)B1OC2C[C@@H]3C[C@@H](C3(C)C)[C@]2(C)O1.CC1(C)[C@@H]2C[C@H]3OB([C@@H](N)CC4CCC4)O[C@@]3(C)[C@H]1C2.CNC(C)C(=O)O.O=C([O-])C(F)(F)F.[Cl-]. The first-order valence-corrected chi connectivity index (χ1v) is 39.3. The average molecular weight is 1560 g/mol. The molecule has 16 aliphatic rings. The van der Waals surface area contributed by atoms with E-state index in [4.69, 9.17) is 54.4 Å². The van der Waals surface area contributed by atoms with Gasteiger partial charge >= 0.3 is 40.6 Å². The number of rotatable bonds is 22. The van der Waals surface area contributed by atoms with Crippen molar-refractivity contribution < 1.29 is 107 Å². The van der Waals surface area contributed by atoms with Gasteiger partial charge in [0.15, 0.2) is 0 Å². The summed E-state index contributed by atoms with van der Waals surface area (Å²) in [6.45, 7) is 30.3. The van der Waals surface area contributed by atoms with Crippen LogP contribution in [-0.2, 0) is 61.5 Å². The van der Waals surface area contributed by atoms with Crippen LogP contribution in [0.5, 0.6) is 0 Å². The van der Waals surface area contributed by atoms with Crippen molar-refractivity contribution in [3.05, 3.63) is 0 Å². The second kappa shape index (κ2) is 38.1. The molecule has 13 N–H and O–H groups in total. The van der Waals surface area contributed by atoms with Crippen molar-refractivity contribution in [1.29, 1.82) is 0 Å². The molecule has 3 saturated heterocycles. The first-order valence-electron chi connectivity index (χ1n) is 39.3. The molecule has 108 heavy (non-hydrogen) atoms. The van der Waals surface area contributed by atoms with Crippen molar-refractivity contribution in [2.24, 2.45) is 86.9 Å². The quantitative estimate of drug-likeness (QED) is 0.0683. The van der Waals surface area contributed by atoms with Gasteiger partial charge in [-0.15, -0.1) is 0 Å². The third-order valence-corrected chi connectivity index (χ3v) is 27.6. The molecule has 33 heteroatoms. The smallest absolute Gasteiger partial charge is 0.481 e. The van der Waals surface area contributed by atoms with E-state index in [1.807, 2.05) is 0 Å². The van der Waals surface area contributed by atoms with Crippen LogP contribution in [-0.4, -0.2) is 181 Å². The van der Waals surface area contributed by atoms with Crippen LogP contribution in [0.15, 0.2) is 0 Å². The van der Waals surface area contributed by atoms with Crippen molar-refractivity contribution >= 4 is 69.9 Å². The van der Waals surface area contributed by atoms with Crippen LogP contribution in [0.2, 0.25) is 0 Å². The number of hydrogen-bond acceptors (Lipinski definition) is 19. The lowest BCUT2D eigenvalue weighted by Crippen LogP contribution is -3.00. The number of carboxylic acids is 2. The van der Waals surface area contributed by atoms with E-state index in [9.17, 15) is 52.0 Å². The van der Waals surface area contributed by atoms with Gasteiger partial charge in [0.05, 0.1) is 59.0 Å². The number of hydrogen-bond donors (Lipinski definition) is 11. The number of carboxylic acid groups (broad SMARTS) is 2. The van der Waals surface area contributed by atoms with Crippen molar-refractivity contribution in [3.8, 4) is 0 Å². The topological polar surface area (TPSA) is 383 Å². The van der Waals surface area contributed by atoms with E-state index >= 15 is 0 Å². The van der Waals surface area contributed by atoms with Crippen molar-refractivity contribution in [2.45, 2.75) is 349 Å². The molecule has 5 amide bonds. The van der Waals surface area contributed by atoms with Crippen LogP contribution in [0, 0.1) is 75.4 Å². The molecule has 0 aromatic heterocycles. The van der Waals surface area contributed by atoms with Gasteiger partial charge in [-0.2, -0.15) is 13.2 Å². The largest absolute Gasteiger partial charge is 1.00 e. The predicted octanol–water partition coefficient (Wildman–Crippen LogP) is 3.95. The van der Waals surface area contributed by atoms with Gasteiger partial charge < -0.3 is 109 Å². The maximum absolute atomic E-state index is 12.7. The Labute approximate surface area is 649 Å². The summed E-state index contributed by atoms with van der Waals surface area (Å²) in [5.74, 6) is 0.639. The summed E-state index contributed by atoms with van der Waals surface area (Å²) in [5.41, 5.74) is 12.6. The minimum atomic E-state index is -5.19. The van der Waals surface area contributed by atoms with E-state index < -0.39 is 68.4 Å². The number of halogens is 4. The Morgan fingerprint density at radius 3 is 1.08 bits per heavy atom. The summed E-state index contributed by atoms with van der Waals surface area (Å²) in [6.07, 6.45) is 20.7. The summed E-state index contributed by atoms with van der Waals surface area (Å²) in [4.78, 5) is 77.4. The van der Waals surface area contributed by atoms with Crippen LogP contribution >= 0.6 is 0 Å². The zero-order chi connectivity index (χ0) is 78.0. The molecule has 618 valence electrons. The monoisotopic (exact) mass is 1550 g/mol.